The molecule has 0 unspecified atom stereocenters. The lowest BCUT2D eigenvalue weighted by molar-refractivity contribution is -0.385. The first-order chi connectivity index (χ1) is 13.7. The first-order valence-corrected chi connectivity index (χ1v) is 9.02. The van der Waals surface area contributed by atoms with E-state index in [-0.39, 0.29) is 23.1 Å². The summed E-state index contributed by atoms with van der Waals surface area (Å²) in [4.78, 5) is 46.4. The molecule has 0 atom stereocenters. The Balaban J connectivity index is 1.95. The highest BCUT2D eigenvalue weighted by atomic mass is 16.6. The third kappa shape index (κ3) is 6.24. The van der Waals surface area contributed by atoms with Gasteiger partial charge < -0.3 is 10.1 Å². The Morgan fingerprint density at radius 2 is 1.69 bits per heavy atom. The zero-order chi connectivity index (χ0) is 21.6. The Labute approximate surface area is 168 Å². The second kappa shape index (κ2) is 9.59. The van der Waals surface area contributed by atoms with Crippen molar-refractivity contribution in [2.45, 2.75) is 27.2 Å². The molecule has 1 amide bonds. The van der Waals surface area contributed by atoms with Crippen molar-refractivity contribution < 1.29 is 24.0 Å². The molecule has 0 aliphatic carbocycles. The summed E-state index contributed by atoms with van der Waals surface area (Å²) in [5.74, 6) is -1.13. The van der Waals surface area contributed by atoms with Crippen molar-refractivity contribution in [2.24, 2.45) is 5.92 Å². The molecule has 0 bridgehead atoms. The van der Waals surface area contributed by atoms with Crippen molar-refractivity contribution in [2.75, 3.05) is 11.9 Å². The Morgan fingerprint density at radius 1 is 1.07 bits per heavy atom. The van der Waals surface area contributed by atoms with Crippen LogP contribution in [0.15, 0.2) is 42.5 Å². The van der Waals surface area contributed by atoms with Crippen LogP contribution in [0.2, 0.25) is 0 Å². The highest BCUT2D eigenvalue weighted by Gasteiger charge is 2.17. The summed E-state index contributed by atoms with van der Waals surface area (Å²) in [6.45, 7) is 4.94. The molecular weight excluding hydrogens is 376 g/mol. The van der Waals surface area contributed by atoms with E-state index in [1.165, 1.54) is 24.3 Å². The highest BCUT2D eigenvalue weighted by molar-refractivity contribution is 6.00. The summed E-state index contributed by atoms with van der Waals surface area (Å²) < 4.78 is 4.98. The number of nitrogens with one attached hydrogen (secondary N) is 1. The molecule has 2 rings (SSSR count). The molecule has 0 aromatic heterocycles. The van der Waals surface area contributed by atoms with Gasteiger partial charge in [0.15, 0.2) is 12.4 Å². The summed E-state index contributed by atoms with van der Waals surface area (Å²) in [6, 6.07) is 10.2. The molecule has 0 fully saturated rings. The van der Waals surface area contributed by atoms with Crippen LogP contribution < -0.4 is 5.32 Å². The lowest BCUT2D eigenvalue weighted by Gasteiger charge is -2.08. The maximum absolute atomic E-state index is 12.2. The van der Waals surface area contributed by atoms with Crippen LogP contribution in [0.4, 0.5) is 11.4 Å². The number of ketones is 1. The average molecular weight is 398 g/mol. The topological polar surface area (TPSA) is 116 Å². The van der Waals surface area contributed by atoms with Gasteiger partial charge in [0.05, 0.1) is 10.5 Å². The number of aryl methyl sites for hydroxylation is 1. The minimum atomic E-state index is -0.820. The normalized spacial score (nSPS) is 10.5. The van der Waals surface area contributed by atoms with Gasteiger partial charge in [-0.15, -0.1) is 0 Å². The molecule has 0 spiro atoms. The van der Waals surface area contributed by atoms with Gasteiger partial charge in [-0.2, -0.15) is 0 Å². The minimum absolute atomic E-state index is 0.00156. The summed E-state index contributed by atoms with van der Waals surface area (Å²) in [6.07, 6.45) is 0.397. The number of carbonyl (C=O) groups is 3. The Morgan fingerprint density at radius 3 is 2.28 bits per heavy atom. The largest absolute Gasteiger partial charge is 0.454 e. The fourth-order valence-corrected chi connectivity index (χ4v) is 2.55. The molecule has 0 heterocycles. The summed E-state index contributed by atoms with van der Waals surface area (Å²) in [5, 5.41) is 13.7. The van der Waals surface area contributed by atoms with E-state index in [2.05, 4.69) is 5.32 Å². The number of esters is 1. The number of ether oxygens (including phenoxy) is 1. The number of nitrogens with zero attached hydrogens (tertiary/aromatic N) is 1. The van der Waals surface area contributed by atoms with Crippen molar-refractivity contribution in [3.05, 3.63) is 69.3 Å². The van der Waals surface area contributed by atoms with Crippen molar-refractivity contribution >= 4 is 29.0 Å². The van der Waals surface area contributed by atoms with Gasteiger partial charge >= 0.3 is 5.97 Å². The predicted octanol–water partition coefficient (Wildman–Crippen LogP) is 3.93. The molecule has 2 aromatic carbocycles. The van der Waals surface area contributed by atoms with Crippen LogP contribution in [0.25, 0.3) is 0 Å². The number of amides is 1. The monoisotopic (exact) mass is 398 g/mol. The van der Waals surface area contributed by atoms with Crippen LogP contribution in [0.5, 0.6) is 0 Å². The summed E-state index contributed by atoms with van der Waals surface area (Å²) >= 11 is 0. The van der Waals surface area contributed by atoms with Crippen LogP contribution in [-0.4, -0.2) is 29.2 Å². The first kappa shape index (κ1) is 21.7. The van der Waals surface area contributed by atoms with Gasteiger partial charge in [-0.05, 0) is 43.2 Å². The van der Waals surface area contributed by atoms with Crippen molar-refractivity contribution in [3.63, 3.8) is 0 Å². The Bertz CT molecular complexity index is 935. The summed E-state index contributed by atoms with van der Waals surface area (Å²) in [5.41, 5.74) is 1.10. The Kier molecular flexibility index (Phi) is 7.19. The number of hydrogen-bond acceptors (Lipinski definition) is 6. The van der Waals surface area contributed by atoms with E-state index >= 15 is 0 Å². The average Bonchev–Trinajstić information content (AvgIpc) is 2.65. The van der Waals surface area contributed by atoms with E-state index in [0.717, 1.165) is 6.07 Å². The smallest absolute Gasteiger partial charge is 0.338 e. The lowest BCUT2D eigenvalue weighted by Crippen LogP contribution is -2.15. The van der Waals surface area contributed by atoms with Gasteiger partial charge in [0.2, 0.25) is 5.91 Å². The second-order valence-corrected chi connectivity index (χ2v) is 6.98. The van der Waals surface area contributed by atoms with Gasteiger partial charge in [-0.3, -0.25) is 19.7 Å². The molecule has 29 heavy (non-hydrogen) atoms. The molecule has 1 N–H and O–H groups in total. The third-order valence-electron chi connectivity index (χ3n) is 4.06. The second-order valence-electron chi connectivity index (χ2n) is 6.98. The van der Waals surface area contributed by atoms with E-state index in [0.29, 0.717) is 23.2 Å². The predicted molar refractivity (Wildman–Crippen MR) is 107 cm³/mol. The molecule has 0 radical (unpaired) electrons. The fraction of sp³-hybridized carbons (Fsp3) is 0.286. The standard InChI is InChI=1S/C21H22N2O6/c1-13(2)10-20(25)22-17-8-6-15(7-9-17)19(24)12-29-21(26)16-5-4-14(3)18(11-16)23(27)28/h4-9,11,13H,10,12H2,1-3H3,(H,22,25). The van der Waals surface area contributed by atoms with Crippen molar-refractivity contribution in [1.29, 1.82) is 0 Å². The summed E-state index contributed by atoms with van der Waals surface area (Å²) in [7, 11) is 0. The SMILES string of the molecule is Cc1ccc(C(=O)OCC(=O)c2ccc(NC(=O)CC(C)C)cc2)cc1[N+](=O)[O-]. The number of rotatable bonds is 8. The van der Waals surface area contributed by atoms with E-state index in [9.17, 15) is 24.5 Å². The highest BCUT2D eigenvalue weighted by Crippen LogP contribution is 2.20. The molecule has 8 heteroatoms. The van der Waals surface area contributed by atoms with E-state index in [1.807, 2.05) is 13.8 Å². The maximum Gasteiger partial charge on any atom is 0.338 e. The Hall–Kier alpha value is -3.55. The van der Waals surface area contributed by atoms with Crippen LogP contribution in [-0.2, 0) is 9.53 Å². The van der Waals surface area contributed by atoms with Crippen LogP contribution in [0.1, 0.15) is 46.5 Å². The zero-order valence-electron chi connectivity index (χ0n) is 16.4. The molecule has 0 aliphatic rings. The third-order valence-corrected chi connectivity index (χ3v) is 4.06. The van der Waals surface area contributed by atoms with Crippen molar-refractivity contribution in [3.8, 4) is 0 Å². The van der Waals surface area contributed by atoms with E-state index < -0.39 is 23.3 Å². The number of anilines is 1. The number of Topliss-reactive ketones (excluding diaryl/α,β-unsaturated/α-hetero) is 1. The van der Waals surface area contributed by atoms with Crippen LogP contribution in [0, 0.1) is 23.0 Å². The molecule has 152 valence electrons. The maximum atomic E-state index is 12.2. The number of benzene rings is 2. The van der Waals surface area contributed by atoms with Gasteiger partial charge in [-0.1, -0.05) is 19.9 Å². The quantitative estimate of drug-likeness (QED) is 0.312. The zero-order valence-corrected chi connectivity index (χ0v) is 16.4. The van der Waals surface area contributed by atoms with Crippen LogP contribution >= 0.6 is 0 Å². The molecule has 8 nitrogen and oxygen atoms in total. The van der Waals surface area contributed by atoms with Crippen molar-refractivity contribution in [1.82, 2.24) is 0 Å². The number of nitro groups is 1. The van der Waals surface area contributed by atoms with Crippen LogP contribution in [0.3, 0.4) is 0 Å². The van der Waals surface area contributed by atoms with Gasteiger partial charge in [0, 0.05) is 29.3 Å². The number of nitro benzene ring substituents is 1. The minimum Gasteiger partial charge on any atom is -0.454 e. The molecule has 0 saturated carbocycles. The fourth-order valence-electron chi connectivity index (χ4n) is 2.55. The number of carbonyl (C=O) groups excluding carboxylic acids is 3. The van der Waals surface area contributed by atoms with E-state index in [4.69, 9.17) is 4.74 Å². The first-order valence-electron chi connectivity index (χ1n) is 9.02. The molecule has 0 aliphatic heterocycles. The van der Waals surface area contributed by atoms with Gasteiger partial charge in [0.25, 0.3) is 5.69 Å². The number of hydrogen-bond donors (Lipinski definition) is 1. The van der Waals surface area contributed by atoms with Gasteiger partial charge in [-0.25, -0.2) is 4.79 Å². The molecular formula is C21H22N2O6. The van der Waals surface area contributed by atoms with E-state index in [1.54, 1.807) is 19.1 Å². The van der Waals surface area contributed by atoms with Gasteiger partial charge in [0.1, 0.15) is 0 Å². The molecule has 0 saturated heterocycles. The molecule has 2 aromatic rings. The lowest BCUT2D eigenvalue weighted by atomic mass is 10.1.